The first-order valence-electron chi connectivity index (χ1n) is 8.94. The van der Waals surface area contributed by atoms with Gasteiger partial charge in [-0.15, -0.1) is 0 Å². The number of oxazole rings is 1. The van der Waals surface area contributed by atoms with Crippen LogP contribution >= 0.6 is 0 Å². The van der Waals surface area contributed by atoms with Crippen molar-refractivity contribution >= 4 is 22.7 Å². The lowest BCUT2D eigenvalue weighted by Gasteiger charge is -2.31. The predicted octanol–water partition coefficient (Wildman–Crippen LogP) is 2.82. The zero-order valence-corrected chi connectivity index (χ0v) is 15.1. The van der Waals surface area contributed by atoms with Gasteiger partial charge in [0.2, 0.25) is 11.8 Å². The maximum Gasteiger partial charge on any atom is 0.238 e. The lowest BCUT2D eigenvalue weighted by atomic mass is 10.2. The van der Waals surface area contributed by atoms with Crippen molar-refractivity contribution in [3.05, 3.63) is 48.3 Å². The van der Waals surface area contributed by atoms with Crippen LogP contribution in [0.1, 0.15) is 0 Å². The molecule has 4 rings (SSSR count). The van der Waals surface area contributed by atoms with Crippen LogP contribution in [0.3, 0.4) is 0 Å². The fourth-order valence-electron chi connectivity index (χ4n) is 3.13. The van der Waals surface area contributed by atoms with Gasteiger partial charge in [0.1, 0.15) is 11.3 Å². The molecular weight excluding hydrogens is 347 g/mol. The molecule has 1 aliphatic heterocycles. The molecule has 0 unspecified atom stereocenters. The molecule has 1 fully saturated rings. The number of aromatic nitrogens is 1. The highest BCUT2D eigenvalue weighted by molar-refractivity contribution is 5.94. The van der Waals surface area contributed by atoms with Crippen LogP contribution in [0.5, 0.6) is 0 Å². The summed E-state index contributed by atoms with van der Waals surface area (Å²) in [6.07, 6.45) is 0. The molecular formula is C20H21FN4O2. The van der Waals surface area contributed by atoms with Crippen molar-refractivity contribution < 1.29 is 13.6 Å². The van der Waals surface area contributed by atoms with Gasteiger partial charge in [0.15, 0.2) is 5.58 Å². The molecule has 27 heavy (non-hydrogen) atoms. The van der Waals surface area contributed by atoms with Crippen LogP contribution in [-0.2, 0) is 4.79 Å². The van der Waals surface area contributed by atoms with Crippen molar-refractivity contribution in [1.82, 2.24) is 14.8 Å². The molecule has 7 heteroatoms. The van der Waals surface area contributed by atoms with Gasteiger partial charge in [-0.3, -0.25) is 9.69 Å². The minimum atomic E-state index is -0.305. The van der Waals surface area contributed by atoms with Gasteiger partial charge in [0.05, 0.1) is 6.54 Å². The summed E-state index contributed by atoms with van der Waals surface area (Å²) in [5, 5.41) is 2.92. The highest BCUT2D eigenvalue weighted by Gasteiger charge is 2.17. The molecule has 1 N–H and O–H groups in total. The summed E-state index contributed by atoms with van der Waals surface area (Å²) in [4.78, 5) is 21.2. The third-order valence-electron chi connectivity index (χ3n) is 4.73. The summed E-state index contributed by atoms with van der Waals surface area (Å²) in [6, 6.07) is 11.3. The Morgan fingerprint density at radius 1 is 1.15 bits per heavy atom. The van der Waals surface area contributed by atoms with E-state index in [-0.39, 0.29) is 11.7 Å². The molecule has 6 nitrogen and oxygen atoms in total. The smallest absolute Gasteiger partial charge is 0.238 e. The standard InChI is InChI=1S/C20H21FN4O2/c1-24-8-10-25(11-9-24)13-19(26)22-16-6-7-18-17(12-16)23-20(27-18)14-2-4-15(21)5-3-14/h2-7,12H,8-11,13H2,1H3,(H,22,26). The predicted molar refractivity (Wildman–Crippen MR) is 102 cm³/mol. The molecule has 0 saturated carbocycles. The van der Waals surface area contributed by atoms with Crippen molar-refractivity contribution in [3.63, 3.8) is 0 Å². The average Bonchev–Trinajstić information content (AvgIpc) is 3.07. The van der Waals surface area contributed by atoms with Gasteiger partial charge >= 0.3 is 0 Å². The van der Waals surface area contributed by atoms with Crippen molar-refractivity contribution in [2.75, 3.05) is 45.1 Å². The summed E-state index contributed by atoms with van der Waals surface area (Å²) < 4.78 is 18.8. The first-order chi connectivity index (χ1) is 13.1. The zero-order chi connectivity index (χ0) is 18.8. The molecule has 1 saturated heterocycles. The first kappa shape index (κ1) is 17.6. The van der Waals surface area contributed by atoms with Crippen molar-refractivity contribution in [1.29, 1.82) is 0 Å². The third kappa shape index (κ3) is 4.15. The van der Waals surface area contributed by atoms with Crippen LogP contribution in [0, 0.1) is 5.82 Å². The molecule has 3 aromatic rings. The van der Waals surface area contributed by atoms with Crippen molar-refractivity contribution in [2.45, 2.75) is 0 Å². The molecule has 140 valence electrons. The van der Waals surface area contributed by atoms with Crippen molar-refractivity contribution in [3.8, 4) is 11.5 Å². The molecule has 0 atom stereocenters. The van der Waals surface area contributed by atoms with Crippen LogP contribution in [0.4, 0.5) is 10.1 Å². The van der Waals surface area contributed by atoms with E-state index < -0.39 is 0 Å². The number of hydrogen-bond acceptors (Lipinski definition) is 5. The van der Waals surface area contributed by atoms with E-state index in [1.54, 1.807) is 30.3 Å². The molecule has 2 aromatic carbocycles. The number of likely N-dealkylation sites (N-methyl/N-ethyl adjacent to an activating group) is 1. The first-order valence-corrected chi connectivity index (χ1v) is 8.94. The normalized spacial score (nSPS) is 15.9. The minimum absolute atomic E-state index is 0.0406. The molecule has 1 aliphatic rings. The number of benzene rings is 2. The fraction of sp³-hybridized carbons (Fsp3) is 0.300. The molecule has 1 aromatic heterocycles. The Kier molecular flexibility index (Phi) is 4.87. The molecule has 1 amide bonds. The minimum Gasteiger partial charge on any atom is -0.436 e. The number of hydrogen-bond donors (Lipinski definition) is 1. The quantitative estimate of drug-likeness (QED) is 0.767. The van der Waals surface area contributed by atoms with E-state index in [1.165, 1.54) is 12.1 Å². The Balaban J connectivity index is 1.45. The second kappa shape index (κ2) is 7.46. The van der Waals surface area contributed by atoms with E-state index in [0.29, 0.717) is 34.8 Å². The van der Waals surface area contributed by atoms with Gasteiger partial charge in [-0.25, -0.2) is 9.37 Å². The van der Waals surface area contributed by atoms with E-state index in [0.717, 1.165) is 26.2 Å². The van der Waals surface area contributed by atoms with Crippen LogP contribution < -0.4 is 5.32 Å². The van der Waals surface area contributed by atoms with E-state index in [9.17, 15) is 9.18 Å². The van der Waals surface area contributed by atoms with E-state index >= 15 is 0 Å². The largest absolute Gasteiger partial charge is 0.436 e. The van der Waals surface area contributed by atoms with Gasteiger partial charge < -0.3 is 14.6 Å². The second-order valence-electron chi connectivity index (χ2n) is 6.84. The van der Waals surface area contributed by atoms with E-state index in [1.807, 2.05) is 0 Å². The van der Waals surface area contributed by atoms with Gasteiger partial charge in [-0.1, -0.05) is 0 Å². The Morgan fingerprint density at radius 2 is 1.89 bits per heavy atom. The Labute approximate surface area is 156 Å². The number of fused-ring (bicyclic) bond motifs is 1. The maximum absolute atomic E-state index is 13.1. The van der Waals surface area contributed by atoms with Crippen LogP contribution in [0.2, 0.25) is 0 Å². The summed E-state index contributed by atoms with van der Waals surface area (Å²) in [7, 11) is 2.09. The van der Waals surface area contributed by atoms with Gasteiger partial charge in [0, 0.05) is 37.4 Å². The maximum atomic E-state index is 13.1. The van der Waals surface area contributed by atoms with Gasteiger partial charge in [-0.05, 0) is 49.5 Å². The van der Waals surface area contributed by atoms with Crippen LogP contribution in [0.25, 0.3) is 22.6 Å². The van der Waals surface area contributed by atoms with E-state index in [4.69, 9.17) is 4.42 Å². The van der Waals surface area contributed by atoms with Crippen molar-refractivity contribution in [2.24, 2.45) is 0 Å². The highest BCUT2D eigenvalue weighted by Crippen LogP contribution is 2.26. The lowest BCUT2D eigenvalue weighted by molar-refractivity contribution is -0.117. The number of nitrogens with one attached hydrogen (secondary N) is 1. The van der Waals surface area contributed by atoms with E-state index in [2.05, 4.69) is 27.1 Å². The fourth-order valence-corrected chi connectivity index (χ4v) is 3.13. The van der Waals surface area contributed by atoms with Gasteiger partial charge in [0.25, 0.3) is 0 Å². The van der Waals surface area contributed by atoms with Crippen LogP contribution in [-0.4, -0.2) is 60.5 Å². The number of amides is 1. The van der Waals surface area contributed by atoms with Gasteiger partial charge in [-0.2, -0.15) is 0 Å². The summed E-state index contributed by atoms with van der Waals surface area (Å²) in [5.41, 5.74) is 2.65. The number of rotatable bonds is 4. The summed E-state index contributed by atoms with van der Waals surface area (Å²) in [5.74, 6) is 0.0762. The zero-order valence-electron chi connectivity index (χ0n) is 15.1. The van der Waals surface area contributed by atoms with Crippen LogP contribution in [0.15, 0.2) is 46.9 Å². The topological polar surface area (TPSA) is 61.6 Å². The Bertz CT molecular complexity index is 946. The molecule has 0 spiro atoms. The number of halogens is 1. The highest BCUT2D eigenvalue weighted by atomic mass is 19.1. The average molecular weight is 368 g/mol. The monoisotopic (exact) mass is 368 g/mol. The third-order valence-corrected chi connectivity index (χ3v) is 4.73. The SMILES string of the molecule is CN1CCN(CC(=O)Nc2ccc3oc(-c4ccc(F)cc4)nc3c2)CC1. The number of carbonyl (C=O) groups excluding carboxylic acids is 1. The number of piperazine rings is 1. The molecule has 0 aliphatic carbocycles. The number of anilines is 1. The second-order valence-corrected chi connectivity index (χ2v) is 6.84. The summed E-state index contributed by atoms with van der Waals surface area (Å²) in [6.45, 7) is 4.13. The lowest BCUT2D eigenvalue weighted by Crippen LogP contribution is -2.47. The molecule has 0 radical (unpaired) electrons. The Hall–Kier alpha value is -2.77. The number of carbonyl (C=O) groups is 1. The number of nitrogens with zero attached hydrogens (tertiary/aromatic N) is 3. The summed E-state index contributed by atoms with van der Waals surface area (Å²) >= 11 is 0. The molecule has 0 bridgehead atoms. The Morgan fingerprint density at radius 3 is 2.63 bits per heavy atom. The molecule has 2 heterocycles.